The molecule has 0 bridgehead atoms. The van der Waals surface area contributed by atoms with Gasteiger partial charge in [-0.2, -0.15) is 0 Å². The van der Waals surface area contributed by atoms with E-state index in [-0.39, 0.29) is 16.9 Å². The first-order valence-electron chi connectivity index (χ1n) is 12.8. The van der Waals surface area contributed by atoms with Gasteiger partial charge in [-0.05, 0) is 0 Å². The summed E-state index contributed by atoms with van der Waals surface area (Å²) in [6.07, 6.45) is 13.5. The number of amides is 1. The Morgan fingerprint density at radius 1 is 0.967 bits per heavy atom. The van der Waals surface area contributed by atoms with Crippen LogP contribution < -0.4 is 0 Å². The second-order valence-electron chi connectivity index (χ2n) is 10.6. The quantitative estimate of drug-likeness (QED) is 0.197. The molecule has 0 spiro atoms. The van der Waals surface area contributed by atoms with Crippen LogP contribution in [0, 0.1) is 5.92 Å². The zero-order valence-electron chi connectivity index (χ0n) is 21.0. The molecule has 0 aromatic rings. The fraction of sp³-hybridized carbons (Fsp3) is 0.960. The van der Waals surface area contributed by atoms with Gasteiger partial charge in [0, 0.05) is 0 Å². The average Bonchev–Trinajstić information content (AvgIpc) is 2.71. The zero-order valence-corrected chi connectivity index (χ0v) is 23.8. The van der Waals surface area contributed by atoms with E-state index >= 15 is 0 Å². The number of rotatable bonds is 13. The van der Waals surface area contributed by atoms with E-state index in [0.717, 1.165) is 0 Å². The van der Waals surface area contributed by atoms with Gasteiger partial charge in [0.15, 0.2) is 0 Å². The molecule has 0 aliphatic heterocycles. The van der Waals surface area contributed by atoms with Crippen LogP contribution in [0.1, 0.15) is 112 Å². The van der Waals surface area contributed by atoms with Gasteiger partial charge in [0.25, 0.3) is 0 Å². The number of hydrogen-bond donors (Lipinski definition) is 1. The van der Waals surface area contributed by atoms with E-state index in [4.69, 9.17) is 4.74 Å². The minimum absolute atomic E-state index is 0.195. The normalized spacial score (nSPS) is 17.0. The Bertz CT molecular complexity index is 450. The number of aliphatic hydroxyl groups is 1. The monoisotopic (exact) mass is 533 g/mol. The Morgan fingerprint density at radius 3 is 1.80 bits per heavy atom. The van der Waals surface area contributed by atoms with Crippen LogP contribution in [0.3, 0.4) is 0 Å². The molecule has 30 heavy (non-hydrogen) atoms. The molecule has 0 saturated heterocycles. The topological polar surface area (TPSA) is 49.8 Å². The van der Waals surface area contributed by atoms with E-state index in [1.165, 1.54) is 83.9 Å². The number of ether oxygens (including phenoxy) is 1. The first kappa shape index (κ1) is 28.1. The van der Waals surface area contributed by atoms with Gasteiger partial charge in [-0.3, -0.25) is 0 Å². The van der Waals surface area contributed by atoms with Gasteiger partial charge in [0.1, 0.15) is 0 Å². The molecule has 1 amide bonds. The Kier molecular flexibility index (Phi) is 13.3. The van der Waals surface area contributed by atoms with Crippen molar-refractivity contribution in [3.8, 4) is 0 Å². The first-order chi connectivity index (χ1) is 14.2. The van der Waals surface area contributed by atoms with Crippen molar-refractivity contribution in [3.05, 3.63) is 0 Å². The summed E-state index contributed by atoms with van der Waals surface area (Å²) in [6.45, 7) is 12.5. The van der Waals surface area contributed by atoms with Crippen LogP contribution in [0.2, 0.25) is 13.3 Å². The Labute approximate surface area is 191 Å². The molecule has 1 unspecified atom stereocenters. The van der Waals surface area contributed by atoms with Crippen molar-refractivity contribution in [3.63, 3.8) is 0 Å². The van der Waals surface area contributed by atoms with Crippen molar-refractivity contribution < 1.29 is 14.6 Å². The average molecular weight is 532 g/mol. The summed E-state index contributed by atoms with van der Waals surface area (Å²) >= 11 is -2.81. The van der Waals surface area contributed by atoms with Crippen molar-refractivity contribution >= 4 is 24.5 Å². The second kappa shape index (κ2) is 14.2. The van der Waals surface area contributed by atoms with Gasteiger partial charge < -0.3 is 0 Å². The molecule has 1 atom stereocenters. The number of unbranched alkanes of at least 4 members (excludes halogenated alkanes) is 3. The van der Waals surface area contributed by atoms with Crippen LogP contribution in [0.15, 0.2) is 0 Å². The molecule has 0 aromatic heterocycles. The maximum atomic E-state index is 13.3. The van der Waals surface area contributed by atoms with Gasteiger partial charge in [-0.1, -0.05) is 0 Å². The van der Waals surface area contributed by atoms with Crippen molar-refractivity contribution in [2.75, 3.05) is 6.73 Å². The summed E-state index contributed by atoms with van der Waals surface area (Å²) in [5, 5.41) is 10.5. The molecule has 1 aliphatic rings. The summed E-state index contributed by atoms with van der Waals surface area (Å²) in [7, 11) is 0. The molecule has 4 nitrogen and oxygen atoms in total. The predicted octanol–water partition coefficient (Wildman–Crippen LogP) is 7.51. The molecule has 1 fully saturated rings. The second-order valence-corrected chi connectivity index (χ2v) is 24.4. The number of nitrogens with zero attached hydrogens (tertiary/aromatic N) is 1. The van der Waals surface area contributed by atoms with Gasteiger partial charge in [0.2, 0.25) is 0 Å². The molecular weight excluding hydrogens is 481 g/mol. The van der Waals surface area contributed by atoms with Gasteiger partial charge in [-0.15, -0.1) is 0 Å². The van der Waals surface area contributed by atoms with Crippen molar-refractivity contribution in [2.24, 2.45) is 5.92 Å². The Balaban J connectivity index is 3.42. The molecular formula is C25H51NO3Sn. The van der Waals surface area contributed by atoms with Crippen LogP contribution in [-0.4, -0.2) is 50.9 Å². The third kappa shape index (κ3) is 8.88. The van der Waals surface area contributed by atoms with Crippen LogP contribution >= 0.6 is 0 Å². The van der Waals surface area contributed by atoms with E-state index in [0.29, 0.717) is 5.92 Å². The standard InChI is InChI=1S/C13H24NO3.3C4H9.Sn/c1-13(2,3)17-12(16)14(10-15)9-11-7-5-4-6-8-11;3*1-3-4-2;/h9,11,15H,4-8,10H2,1-3H3;3*1,3-4H2,2H3;. The van der Waals surface area contributed by atoms with E-state index < -0.39 is 24.0 Å². The summed E-state index contributed by atoms with van der Waals surface area (Å²) in [5.74, 6) is 0.555. The number of carbonyl (C=O) groups excluding carboxylic acids is 1. The van der Waals surface area contributed by atoms with Crippen LogP contribution in [-0.2, 0) is 4.74 Å². The van der Waals surface area contributed by atoms with E-state index in [2.05, 4.69) is 20.8 Å². The first-order valence-corrected chi connectivity index (χ1v) is 20.5. The van der Waals surface area contributed by atoms with Crippen molar-refractivity contribution in [1.82, 2.24) is 4.90 Å². The molecule has 0 radical (unpaired) electrons. The third-order valence-corrected chi connectivity index (χ3v) is 24.3. The molecule has 1 aliphatic carbocycles. The van der Waals surface area contributed by atoms with Crippen molar-refractivity contribution in [2.45, 2.75) is 135 Å². The summed E-state index contributed by atoms with van der Waals surface area (Å²) in [5.41, 5.74) is -0.532. The molecule has 1 N–H and O–H groups in total. The molecule has 0 heterocycles. The Morgan fingerprint density at radius 2 is 1.43 bits per heavy atom. The summed E-state index contributed by atoms with van der Waals surface area (Å²) in [4.78, 5) is 15.1. The summed E-state index contributed by atoms with van der Waals surface area (Å²) < 4.78 is 10.2. The molecule has 178 valence electrons. The van der Waals surface area contributed by atoms with E-state index in [9.17, 15) is 9.90 Å². The number of aliphatic hydroxyl groups excluding tert-OH is 1. The fourth-order valence-electron chi connectivity index (χ4n) is 5.52. The Hall–Kier alpha value is 0.0287. The number of hydrogen-bond acceptors (Lipinski definition) is 3. The summed E-state index contributed by atoms with van der Waals surface area (Å²) in [6, 6.07) is 0. The molecule has 1 saturated carbocycles. The SMILES string of the molecule is CCC[CH2][Sn]([CH2]CCC)([CH2]CCC)[CH](C1CCCCC1)N(CO)C(=O)OC(C)(C)C. The molecule has 1 rings (SSSR count). The van der Waals surface area contributed by atoms with Crippen LogP contribution in [0.25, 0.3) is 0 Å². The van der Waals surface area contributed by atoms with Gasteiger partial charge >= 0.3 is 192 Å². The van der Waals surface area contributed by atoms with Crippen LogP contribution in [0.4, 0.5) is 4.79 Å². The molecule has 0 aromatic carbocycles. The minimum atomic E-state index is -2.81. The third-order valence-electron chi connectivity index (χ3n) is 6.92. The van der Waals surface area contributed by atoms with Gasteiger partial charge in [-0.25, -0.2) is 0 Å². The van der Waals surface area contributed by atoms with E-state index in [1.54, 1.807) is 0 Å². The fourth-order valence-corrected chi connectivity index (χ4v) is 25.5. The van der Waals surface area contributed by atoms with Gasteiger partial charge in [0.05, 0.1) is 0 Å². The maximum absolute atomic E-state index is 13.3. The van der Waals surface area contributed by atoms with E-state index in [1.807, 2.05) is 25.7 Å². The number of carbonyl (C=O) groups is 1. The zero-order chi connectivity index (χ0) is 22.6. The molecule has 5 heteroatoms. The van der Waals surface area contributed by atoms with Crippen LogP contribution in [0.5, 0.6) is 0 Å². The predicted molar refractivity (Wildman–Crippen MR) is 130 cm³/mol. The van der Waals surface area contributed by atoms with Crippen molar-refractivity contribution in [1.29, 1.82) is 0 Å².